The van der Waals surface area contributed by atoms with Gasteiger partial charge in [-0.15, -0.1) is 0 Å². The molecule has 0 aliphatic carbocycles. The maximum Gasteiger partial charge on any atom is 0.123 e. The van der Waals surface area contributed by atoms with Gasteiger partial charge in [0.2, 0.25) is 0 Å². The lowest BCUT2D eigenvalue weighted by molar-refractivity contribution is 0.628. The fraction of sp³-hybridized carbons (Fsp3) is 0.120. The first-order valence-electron chi connectivity index (χ1n) is 8.70. The summed E-state index contributed by atoms with van der Waals surface area (Å²) in [7, 11) is 0. The van der Waals surface area contributed by atoms with Crippen molar-refractivity contribution in [2.45, 2.75) is 20.3 Å². The molecule has 0 atom stereocenters. The molecule has 26 heavy (non-hydrogen) atoms. The highest BCUT2D eigenvalue weighted by molar-refractivity contribution is 5.64. The van der Waals surface area contributed by atoms with Crippen LogP contribution >= 0.6 is 0 Å². The van der Waals surface area contributed by atoms with E-state index in [0.717, 1.165) is 28.7 Å². The van der Waals surface area contributed by atoms with Crippen LogP contribution in [0.25, 0.3) is 11.1 Å². The Morgan fingerprint density at radius 3 is 1.69 bits per heavy atom. The number of hydrogen-bond acceptors (Lipinski definition) is 0. The second kappa shape index (κ2) is 8.32. The van der Waals surface area contributed by atoms with Crippen LogP contribution < -0.4 is 0 Å². The van der Waals surface area contributed by atoms with E-state index in [0.29, 0.717) is 0 Å². The van der Waals surface area contributed by atoms with Crippen molar-refractivity contribution < 1.29 is 4.39 Å². The highest BCUT2D eigenvalue weighted by atomic mass is 19.1. The highest BCUT2D eigenvalue weighted by Crippen LogP contribution is 2.20. The molecule has 0 aromatic heterocycles. The predicted octanol–water partition coefficient (Wildman–Crippen LogP) is 6.40. The minimum Gasteiger partial charge on any atom is -0.207 e. The number of benzene rings is 3. The van der Waals surface area contributed by atoms with Crippen LogP contribution in [0.2, 0.25) is 0 Å². The molecule has 3 aromatic rings. The van der Waals surface area contributed by atoms with Crippen LogP contribution in [0.15, 0.2) is 84.4 Å². The van der Waals surface area contributed by atoms with Crippen LogP contribution in [0.1, 0.15) is 30.5 Å². The van der Waals surface area contributed by atoms with Crippen molar-refractivity contribution in [3.63, 3.8) is 0 Å². The molecule has 0 radical (unpaired) electrons. The molecule has 0 aliphatic rings. The minimum absolute atomic E-state index is 0.219. The lowest BCUT2D eigenvalue weighted by Crippen LogP contribution is -1.83. The second-order valence-electron chi connectivity index (χ2n) is 6.52. The van der Waals surface area contributed by atoms with Crippen LogP contribution in [0.4, 0.5) is 4.39 Å². The van der Waals surface area contributed by atoms with Gasteiger partial charge >= 0.3 is 0 Å². The van der Waals surface area contributed by atoms with Crippen molar-refractivity contribution >= 4 is 0 Å². The Labute approximate surface area is 155 Å². The first kappa shape index (κ1) is 17.7. The normalized spacial score (nSPS) is 9.96. The molecule has 0 saturated heterocycles. The Morgan fingerprint density at radius 1 is 0.731 bits per heavy atom. The molecule has 3 aromatic carbocycles. The zero-order valence-electron chi connectivity index (χ0n) is 15.1. The topological polar surface area (TPSA) is 0 Å². The van der Waals surface area contributed by atoms with E-state index >= 15 is 0 Å². The summed E-state index contributed by atoms with van der Waals surface area (Å²) in [4.78, 5) is 0. The van der Waals surface area contributed by atoms with Gasteiger partial charge < -0.3 is 0 Å². The maximum absolute atomic E-state index is 13.0. The molecule has 0 fully saturated rings. The first-order valence-corrected chi connectivity index (χ1v) is 8.70. The third kappa shape index (κ3) is 4.94. The summed E-state index contributed by atoms with van der Waals surface area (Å²) in [5.41, 5.74) is 6.65. The molecule has 0 spiro atoms. The van der Waals surface area contributed by atoms with E-state index in [9.17, 15) is 4.39 Å². The van der Waals surface area contributed by atoms with Crippen LogP contribution in [0.3, 0.4) is 0 Å². The van der Waals surface area contributed by atoms with Crippen molar-refractivity contribution in [2.24, 2.45) is 0 Å². The standard InChI is InChI=1S/C25H21F/c1-19(2)3-4-20-5-7-21(8-6-20)9-10-22-11-13-23(14-12-22)24-15-17-25(26)18-16-24/h3,5-8,11-18H,4H2,1-2H3. The van der Waals surface area contributed by atoms with Gasteiger partial charge in [-0.1, -0.05) is 59.9 Å². The summed E-state index contributed by atoms with van der Waals surface area (Å²) in [6.45, 7) is 4.22. The zero-order chi connectivity index (χ0) is 18.4. The molecule has 0 aliphatic heterocycles. The van der Waals surface area contributed by atoms with E-state index in [1.807, 2.05) is 24.3 Å². The number of rotatable bonds is 3. The molecule has 0 bridgehead atoms. The van der Waals surface area contributed by atoms with Gasteiger partial charge in [-0.3, -0.25) is 0 Å². The van der Waals surface area contributed by atoms with Gasteiger partial charge in [0, 0.05) is 11.1 Å². The summed E-state index contributed by atoms with van der Waals surface area (Å²) in [5, 5.41) is 0. The number of allylic oxidation sites excluding steroid dienone is 2. The summed E-state index contributed by atoms with van der Waals surface area (Å²) in [6.07, 6.45) is 3.18. The summed E-state index contributed by atoms with van der Waals surface area (Å²) in [5.74, 6) is 6.18. The van der Waals surface area contributed by atoms with Gasteiger partial charge in [0.15, 0.2) is 0 Å². The third-order valence-corrected chi connectivity index (χ3v) is 4.11. The average molecular weight is 340 g/mol. The van der Waals surface area contributed by atoms with Gasteiger partial charge in [0.25, 0.3) is 0 Å². The van der Waals surface area contributed by atoms with Crippen molar-refractivity contribution in [3.8, 4) is 23.0 Å². The van der Waals surface area contributed by atoms with E-state index in [1.54, 1.807) is 12.1 Å². The van der Waals surface area contributed by atoms with Gasteiger partial charge in [-0.2, -0.15) is 0 Å². The van der Waals surface area contributed by atoms with E-state index < -0.39 is 0 Å². The lowest BCUT2D eigenvalue weighted by Gasteiger charge is -2.01. The summed E-state index contributed by atoms with van der Waals surface area (Å²) >= 11 is 0. The van der Waals surface area contributed by atoms with E-state index in [4.69, 9.17) is 0 Å². The quantitative estimate of drug-likeness (QED) is 0.382. The van der Waals surface area contributed by atoms with Crippen molar-refractivity contribution in [2.75, 3.05) is 0 Å². The third-order valence-electron chi connectivity index (χ3n) is 4.11. The molecule has 0 N–H and O–H groups in total. The van der Waals surface area contributed by atoms with E-state index in [1.165, 1.54) is 23.3 Å². The van der Waals surface area contributed by atoms with E-state index in [-0.39, 0.29) is 5.82 Å². The van der Waals surface area contributed by atoms with Gasteiger partial charge in [-0.05, 0) is 73.4 Å². The molecule has 128 valence electrons. The van der Waals surface area contributed by atoms with Crippen LogP contribution in [0, 0.1) is 17.7 Å². The average Bonchev–Trinajstić information content (AvgIpc) is 2.66. The van der Waals surface area contributed by atoms with Crippen LogP contribution in [-0.4, -0.2) is 0 Å². The van der Waals surface area contributed by atoms with Gasteiger partial charge in [-0.25, -0.2) is 4.39 Å². The Hall–Kier alpha value is -3.11. The lowest BCUT2D eigenvalue weighted by atomic mass is 10.0. The molecule has 0 amide bonds. The summed E-state index contributed by atoms with van der Waals surface area (Å²) < 4.78 is 13.0. The Balaban J connectivity index is 1.70. The smallest absolute Gasteiger partial charge is 0.123 e. The largest absolute Gasteiger partial charge is 0.207 e. The monoisotopic (exact) mass is 340 g/mol. The minimum atomic E-state index is -0.219. The van der Waals surface area contributed by atoms with E-state index in [2.05, 4.69) is 56.0 Å². The van der Waals surface area contributed by atoms with Crippen LogP contribution in [0.5, 0.6) is 0 Å². The molecule has 3 rings (SSSR count). The summed E-state index contributed by atoms with van der Waals surface area (Å²) in [6, 6.07) is 22.9. The van der Waals surface area contributed by atoms with Crippen molar-refractivity contribution in [1.82, 2.24) is 0 Å². The van der Waals surface area contributed by atoms with Gasteiger partial charge in [0.05, 0.1) is 0 Å². The Kier molecular flexibility index (Phi) is 5.66. The predicted molar refractivity (Wildman–Crippen MR) is 107 cm³/mol. The molecule has 0 nitrogen and oxygen atoms in total. The molecule has 0 unspecified atom stereocenters. The molecule has 0 saturated carbocycles. The Morgan fingerprint density at radius 2 is 1.19 bits per heavy atom. The SMILES string of the molecule is CC(C)=CCc1ccc(C#Cc2ccc(-c3ccc(F)cc3)cc2)cc1. The zero-order valence-corrected chi connectivity index (χ0v) is 15.1. The molecule has 0 heterocycles. The highest BCUT2D eigenvalue weighted by Gasteiger charge is 1.98. The fourth-order valence-corrected chi connectivity index (χ4v) is 2.58. The molecule has 1 heteroatoms. The molecular weight excluding hydrogens is 319 g/mol. The second-order valence-corrected chi connectivity index (χ2v) is 6.52. The van der Waals surface area contributed by atoms with Crippen LogP contribution in [-0.2, 0) is 6.42 Å². The number of halogens is 1. The fourth-order valence-electron chi connectivity index (χ4n) is 2.58. The van der Waals surface area contributed by atoms with Crippen molar-refractivity contribution in [1.29, 1.82) is 0 Å². The van der Waals surface area contributed by atoms with Gasteiger partial charge in [0.1, 0.15) is 5.82 Å². The maximum atomic E-state index is 13.0. The molecular formula is C25H21F. The Bertz CT molecular complexity index is 944. The van der Waals surface area contributed by atoms with Crippen molar-refractivity contribution in [3.05, 3.63) is 107 Å². The number of hydrogen-bond donors (Lipinski definition) is 0. The first-order chi connectivity index (χ1) is 12.6.